The van der Waals surface area contributed by atoms with Crippen molar-refractivity contribution in [1.29, 1.82) is 0 Å². The summed E-state index contributed by atoms with van der Waals surface area (Å²) in [6.07, 6.45) is 0. The van der Waals surface area contributed by atoms with Gasteiger partial charge in [0.1, 0.15) is 5.82 Å². The van der Waals surface area contributed by atoms with Crippen LogP contribution in [-0.4, -0.2) is 56.3 Å². The fraction of sp³-hybridized carbons (Fsp3) is 0.227. The molecule has 0 spiro atoms. The third kappa shape index (κ3) is 4.51. The zero-order valence-corrected chi connectivity index (χ0v) is 17.1. The van der Waals surface area contributed by atoms with Gasteiger partial charge < -0.3 is 5.32 Å². The first-order valence-electron chi connectivity index (χ1n) is 9.68. The van der Waals surface area contributed by atoms with Crippen LogP contribution in [0.1, 0.15) is 0 Å². The van der Waals surface area contributed by atoms with Gasteiger partial charge in [-0.1, -0.05) is 36.4 Å². The van der Waals surface area contributed by atoms with Crippen molar-refractivity contribution in [1.82, 2.24) is 9.21 Å². The molecule has 1 saturated heterocycles. The Labute approximate surface area is 175 Å². The fourth-order valence-corrected chi connectivity index (χ4v) is 5.03. The number of piperazine rings is 1. The smallest absolute Gasteiger partial charge is 0.243 e. The monoisotopic (exact) mass is 427 g/mol. The topological polar surface area (TPSA) is 69.7 Å². The number of nitrogens with zero attached hydrogens (tertiary/aromatic N) is 2. The van der Waals surface area contributed by atoms with Crippen molar-refractivity contribution in [3.63, 3.8) is 0 Å². The summed E-state index contributed by atoms with van der Waals surface area (Å²) in [6.45, 7) is 1.64. The largest absolute Gasteiger partial charge is 0.325 e. The number of benzene rings is 3. The highest BCUT2D eigenvalue weighted by Gasteiger charge is 2.29. The van der Waals surface area contributed by atoms with Crippen LogP contribution >= 0.6 is 0 Å². The maximum atomic E-state index is 13.2. The average Bonchev–Trinajstić information content (AvgIpc) is 2.73. The van der Waals surface area contributed by atoms with Gasteiger partial charge in [0.25, 0.3) is 0 Å². The Bertz CT molecular complexity index is 1170. The van der Waals surface area contributed by atoms with Crippen LogP contribution in [0.25, 0.3) is 10.8 Å². The van der Waals surface area contributed by atoms with Gasteiger partial charge in [0.2, 0.25) is 15.9 Å². The number of rotatable bonds is 5. The molecule has 0 bridgehead atoms. The van der Waals surface area contributed by atoms with Crippen LogP contribution in [-0.2, 0) is 14.8 Å². The van der Waals surface area contributed by atoms with E-state index in [-0.39, 0.29) is 17.3 Å². The molecule has 8 heteroatoms. The molecule has 1 fully saturated rings. The van der Waals surface area contributed by atoms with Crippen molar-refractivity contribution in [2.45, 2.75) is 4.90 Å². The Morgan fingerprint density at radius 1 is 0.900 bits per heavy atom. The molecule has 3 aromatic rings. The quantitative estimate of drug-likeness (QED) is 0.680. The lowest BCUT2D eigenvalue weighted by atomic mass is 10.1. The molecule has 0 unspecified atom stereocenters. The van der Waals surface area contributed by atoms with E-state index in [1.165, 1.54) is 22.5 Å². The van der Waals surface area contributed by atoms with Crippen LogP contribution in [0.5, 0.6) is 0 Å². The summed E-state index contributed by atoms with van der Waals surface area (Å²) in [5.74, 6) is -0.674. The van der Waals surface area contributed by atoms with Gasteiger partial charge in [0.15, 0.2) is 0 Å². The van der Waals surface area contributed by atoms with E-state index in [1.54, 1.807) is 18.2 Å². The normalized spacial score (nSPS) is 15.9. The van der Waals surface area contributed by atoms with Crippen molar-refractivity contribution >= 4 is 32.4 Å². The fourth-order valence-electron chi connectivity index (χ4n) is 3.57. The van der Waals surface area contributed by atoms with Crippen LogP contribution in [0.4, 0.5) is 10.1 Å². The molecule has 0 radical (unpaired) electrons. The lowest BCUT2D eigenvalue weighted by Crippen LogP contribution is -2.50. The number of halogens is 1. The van der Waals surface area contributed by atoms with Crippen LogP contribution < -0.4 is 5.32 Å². The lowest BCUT2D eigenvalue weighted by Gasteiger charge is -2.33. The van der Waals surface area contributed by atoms with Crippen LogP contribution in [0, 0.1) is 5.82 Å². The maximum Gasteiger partial charge on any atom is 0.243 e. The molecule has 4 rings (SSSR count). The molecule has 0 saturated carbocycles. The number of amides is 1. The molecule has 156 valence electrons. The first kappa shape index (κ1) is 20.5. The summed E-state index contributed by atoms with van der Waals surface area (Å²) in [5, 5.41) is 4.53. The molecular weight excluding hydrogens is 405 g/mol. The van der Waals surface area contributed by atoms with Gasteiger partial charge in [0.05, 0.1) is 11.4 Å². The summed E-state index contributed by atoms with van der Waals surface area (Å²) in [6, 6.07) is 18.5. The molecule has 30 heavy (non-hydrogen) atoms. The van der Waals surface area contributed by atoms with Crippen LogP contribution in [0.3, 0.4) is 0 Å². The highest BCUT2D eigenvalue weighted by atomic mass is 32.2. The van der Waals surface area contributed by atoms with Gasteiger partial charge in [-0.15, -0.1) is 0 Å². The highest BCUT2D eigenvalue weighted by molar-refractivity contribution is 7.89. The predicted molar refractivity (Wildman–Crippen MR) is 114 cm³/mol. The van der Waals surface area contributed by atoms with Gasteiger partial charge in [0, 0.05) is 31.9 Å². The first-order chi connectivity index (χ1) is 14.4. The molecule has 0 aliphatic carbocycles. The van der Waals surface area contributed by atoms with Gasteiger partial charge in [-0.25, -0.2) is 12.8 Å². The van der Waals surface area contributed by atoms with Gasteiger partial charge in [-0.3, -0.25) is 9.69 Å². The Morgan fingerprint density at radius 2 is 1.63 bits per heavy atom. The predicted octanol–water partition coefficient (Wildman–Crippen LogP) is 2.92. The first-order valence-corrected chi connectivity index (χ1v) is 11.1. The minimum atomic E-state index is -3.59. The maximum absolute atomic E-state index is 13.2. The standard InChI is InChI=1S/C22H22FN3O3S/c23-19-6-3-7-20(15-19)24-22(27)16-25-10-12-26(13-11-25)30(28,29)21-9-8-17-4-1-2-5-18(17)14-21/h1-9,14-15H,10-13,16H2,(H,24,27). The molecule has 0 aromatic heterocycles. The number of nitrogens with one attached hydrogen (secondary N) is 1. The zero-order chi connectivity index (χ0) is 21.1. The van der Waals surface area contributed by atoms with Crippen molar-refractivity contribution in [2.24, 2.45) is 0 Å². The summed E-state index contributed by atoms with van der Waals surface area (Å²) < 4.78 is 40.7. The Morgan fingerprint density at radius 3 is 2.37 bits per heavy atom. The molecule has 3 aromatic carbocycles. The number of sulfonamides is 1. The SMILES string of the molecule is O=C(CN1CCN(S(=O)(=O)c2ccc3ccccc3c2)CC1)Nc1cccc(F)c1. The molecule has 1 aliphatic rings. The molecule has 1 N–H and O–H groups in total. The minimum Gasteiger partial charge on any atom is -0.325 e. The minimum absolute atomic E-state index is 0.125. The van der Waals surface area contributed by atoms with E-state index in [0.29, 0.717) is 31.9 Å². The number of carbonyl (C=O) groups excluding carboxylic acids is 1. The number of hydrogen-bond donors (Lipinski definition) is 1. The molecular formula is C22H22FN3O3S. The van der Waals surface area contributed by atoms with Gasteiger partial charge in [-0.05, 0) is 41.1 Å². The second-order valence-electron chi connectivity index (χ2n) is 7.25. The number of carbonyl (C=O) groups is 1. The summed E-state index contributed by atoms with van der Waals surface area (Å²) >= 11 is 0. The second kappa shape index (κ2) is 8.51. The molecule has 0 atom stereocenters. The van der Waals surface area contributed by atoms with E-state index in [0.717, 1.165) is 10.8 Å². The molecule has 6 nitrogen and oxygen atoms in total. The average molecular weight is 428 g/mol. The van der Waals surface area contributed by atoms with E-state index in [4.69, 9.17) is 0 Å². The van der Waals surface area contributed by atoms with E-state index < -0.39 is 15.8 Å². The number of fused-ring (bicyclic) bond motifs is 1. The second-order valence-corrected chi connectivity index (χ2v) is 9.19. The van der Waals surface area contributed by atoms with E-state index in [1.807, 2.05) is 35.2 Å². The van der Waals surface area contributed by atoms with Gasteiger partial charge >= 0.3 is 0 Å². The van der Waals surface area contributed by atoms with E-state index in [2.05, 4.69) is 5.32 Å². The van der Waals surface area contributed by atoms with E-state index in [9.17, 15) is 17.6 Å². The van der Waals surface area contributed by atoms with Crippen LogP contribution in [0.2, 0.25) is 0 Å². The molecule has 1 amide bonds. The number of hydrogen-bond acceptors (Lipinski definition) is 4. The molecule has 1 heterocycles. The Kier molecular flexibility index (Phi) is 5.80. The Hall–Kier alpha value is -2.81. The Balaban J connectivity index is 1.36. The lowest BCUT2D eigenvalue weighted by molar-refractivity contribution is -0.117. The number of anilines is 1. The highest BCUT2D eigenvalue weighted by Crippen LogP contribution is 2.23. The van der Waals surface area contributed by atoms with Crippen molar-refractivity contribution in [3.8, 4) is 0 Å². The zero-order valence-electron chi connectivity index (χ0n) is 16.3. The van der Waals surface area contributed by atoms with Crippen molar-refractivity contribution in [2.75, 3.05) is 38.0 Å². The summed E-state index contributed by atoms with van der Waals surface area (Å²) in [7, 11) is -3.59. The van der Waals surface area contributed by atoms with Gasteiger partial charge in [-0.2, -0.15) is 4.31 Å². The summed E-state index contributed by atoms with van der Waals surface area (Å²) in [5.41, 5.74) is 0.400. The van der Waals surface area contributed by atoms with Crippen LogP contribution in [0.15, 0.2) is 71.6 Å². The third-order valence-corrected chi connectivity index (χ3v) is 7.06. The van der Waals surface area contributed by atoms with Crippen molar-refractivity contribution < 1.29 is 17.6 Å². The summed E-state index contributed by atoms with van der Waals surface area (Å²) in [4.78, 5) is 14.4. The van der Waals surface area contributed by atoms with Crippen molar-refractivity contribution in [3.05, 3.63) is 72.5 Å². The third-order valence-electron chi connectivity index (χ3n) is 5.17. The molecule has 1 aliphatic heterocycles. The van der Waals surface area contributed by atoms with E-state index >= 15 is 0 Å².